The Morgan fingerprint density at radius 2 is 0.841 bits per heavy atom. The highest BCUT2D eigenvalue weighted by Crippen LogP contribution is 2.46. The summed E-state index contributed by atoms with van der Waals surface area (Å²) in [5.41, 5.74) is 13.8. The summed E-state index contributed by atoms with van der Waals surface area (Å²) in [5, 5.41) is 9.97. The summed E-state index contributed by atoms with van der Waals surface area (Å²) >= 11 is 0. The normalized spacial score (nSPS) is 11.9. The Balaban J connectivity index is 0.900. The lowest BCUT2D eigenvalue weighted by Crippen LogP contribution is -2.09. The molecule has 0 N–H and O–H groups in total. The molecule has 12 aromatic rings. The largest absolute Gasteiger partial charge is 0.453 e. The number of fused-ring (bicyclic) bond motifs is 9. The lowest BCUT2D eigenvalue weighted by Gasteiger charge is -2.26. The average Bonchev–Trinajstić information content (AvgIpc) is 3.69. The number of rotatable bonds is 6. The molecule has 3 heteroatoms. The molecule has 13 rings (SSSR count). The number of hydrogen-bond acceptors (Lipinski definition) is 2. The van der Waals surface area contributed by atoms with Crippen LogP contribution in [0.15, 0.2) is 231 Å². The second-order valence-corrected chi connectivity index (χ2v) is 16.5. The lowest BCUT2D eigenvalue weighted by atomic mass is 9.94. The molecule has 0 unspecified atom stereocenters. The third-order valence-corrected chi connectivity index (χ3v) is 13.0. The third-order valence-electron chi connectivity index (χ3n) is 13.0. The number of hydrogen-bond donors (Lipinski definition) is 0. The van der Waals surface area contributed by atoms with Crippen molar-refractivity contribution in [1.82, 2.24) is 4.57 Å². The summed E-state index contributed by atoms with van der Waals surface area (Å²) in [4.78, 5) is 2.36. The van der Waals surface area contributed by atoms with E-state index in [1.54, 1.807) is 0 Å². The van der Waals surface area contributed by atoms with Crippen LogP contribution in [0.3, 0.4) is 0 Å². The maximum Gasteiger partial charge on any atom is 0.152 e. The second-order valence-electron chi connectivity index (χ2n) is 16.5. The molecular weight excluding hydrogens is 765 g/mol. The van der Waals surface area contributed by atoms with Gasteiger partial charge in [0.2, 0.25) is 0 Å². The van der Waals surface area contributed by atoms with Crippen molar-refractivity contribution in [2.24, 2.45) is 0 Å². The summed E-state index contributed by atoms with van der Waals surface area (Å²) in [7, 11) is 0. The highest BCUT2D eigenvalue weighted by molar-refractivity contribution is 6.14. The first-order valence-corrected chi connectivity index (χ1v) is 21.6. The van der Waals surface area contributed by atoms with Crippen molar-refractivity contribution in [3.63, 3.8) is 0 Å². The number of benzene rings is 11. The quantitative estimate of drug-likeness (QED) is 0.156. The Morgan fingerprint density at radius 3 is 1.59 bits per heavy atom. The topological polar surface area (TPSA) is 17.4 Å². The van der Waals surface area contributed by atoms with Gasteiger partial charge in [0.05, 0.1) is 16.7 Å². The van der Waals surface area contributed by atoms with E-state index in [9.17, 15) is 0 Å². The van der Waals surface area contributed by atoms with Gasteiger partial charge < -0.3 is 14.2 Å². The maximum atomic E-state index is 6.38. The predicted molar refractivity (Wildman–Crippen MR) is 264 cm³/mol. The zero-order valence-electron chi connectivity index (χ0n) is 34.2. The van der Waals surface area contributed by atoms with E-state index >= 15 is 0 Å². The van der Waals surface area contributed by atoms with Gasteiger partial charge in [0.1, 0.15) is 0 Å². The number of para-hydroxylation sites is 3. The number of ether oxygens (including phenoxy) is 1. The monoisotopic (exact) mass is 802 g/mol. The van der Waals surface area contributed by atoms with Gasteiger partial charge in [0.15, 0.2) is 11.5 Å². The fraction of sp³-hybridized carbons (Fsp3) is 0. The Morgan fingerprint density at radius 1 is 0.317 bits per heavy atom. The molecule has 11 aromatic carbocycles. The van der Waals surface area contributed by atoms with Gasteiger partial charge in [0, 0.05) is 27.8 Å². The van der Waals surface area contributed by atoms with Crippen LogP contribution in [0.2, 0.25) is 0 Å². The first-order valence-electron chi connectivity index (χ1n) is 21.6. The van der Waals surface area contributed by atoms with Gasteiger partial charge in [-0.3, -0.25) is 0 Å². The number of anilines is 3. The Labute approximate surface area is 364 Å². The molecular formula is C60H38N2O. The van der Waals surface area contributed by atoms with Crippen LogP contribution in [0.1, 0.15) is 0 Å². The van der Waals surface area contributed by atoms with Crippen molar-refractivity contribution >= 4 is 71.2 Å². The van der Waals surface area contributed by atoms with Crippen molar-refractivity contribution in [3.8, 4) is 50.6 Å². The van der Waals surface area contributed by atoms with Gasteiger partial charge in [0.25, 0.3) is 0 Å². The molecule has 0 bridgehead atoms. The molecule has 0 spiro atoms. The lowest BCUT2D eigenvalue weighted by molar-refractivity contribution is 0.476. The SMILES string of the molecule is c1ccc2c(c1)Oc1cccc3c4cc(-c5ccc(N(c6ccc(-c7cccc8ccccc78)cc6)c6ccc(-c7cccc8c7ccc7ccccc78)cc6)cc5)ccc4n-2c13. The van der Waals surface area contributed by atoms with Gasteiger partial charge >= 0.3 is 0 Å². The van der Waals surface area contributed by atoms with E-state index in [0.717, 1.165) is 45.3 Å². The Kier molecular flexibility index (Phi) is 7.91. The summed E-state index contributed by atoms with van der Waals surface area (Å²) in [6, 6.07) is 83.5. The van der Waals surface area contributed by atoms with E-state index < -0.39 is 0 Å². The van der Waals surface area contributed by atoms with Crippen molar-refractivity contribution in [2.75, 3.05) is 4.90 Å². The fourth-order valence-electron chi connectivity index (χ4n) is 10.00. The first-order chi connectivity index (χ1) is 31.2. The second kappa shape index (κ2) is 14.1. The van der Waals surface area contributed by atoms with E-state index in [1.165, 1.54) is 76.4 Å². The van der Waals surface area contributed by atoms with Gasteiger partial charge in [-0.1, -0.05) is 164 Å². The smallest absolute Gasteiger partial charge is 0.152 e. The molecule has 0 saturated heterocycles. The van der Waals surface area contributed by atoms with Crippen LogP contribution in [0.25, 0.3) is 93.2 Å². The van der Waals surface area contributed by atoms with Crippen molar-refractivity contribution < 1.29 is 4.74 Å². The van der Waals surface area contributed by atoms with Crippen molar-refractivity contribution in [3.05, 3.63) is 231 Å². The molecule has 2 heterocycles. The highest BCUT2D eigenvalue weighted by Gasteiger charge is 2.24. The van der Waals surface area contributed by atoms with Crippen LogP contribution < -0.4 is 9.64 Å². The molecule has 3 nitrogen and oxygen atoms in total. The van der Waals surface area contributed by atoms with Crippen molar-refractivity contribution in [2.45, 2.75) is 0 Å². The fourth-order valence-corrected chi connectivity index (χ4v) is 10.00. The summed E-state index contributed by atoms with van der Waals surface area (Å²) < 4.78 is 8.73. The van der Waals surface area contributed by atoms with E-state index in [4.69, 9.17) is 4.74 Å². The summed E-state index contributed by atoms with van der Waals surface area (Å²) in [6.45, 7) is 0. The summed E-state index contributed by atoms with van der Waals surface area (Å²) in [6.07, 6.45) is 0. The molecule has 0 saturated carbocycles. The molecule has 0 amide bonds. The predicted octanol–water partition coefficient (Wildman–Crippen LogP) is 16.8. The van der Waals surface area contributed by atoms with E-state index in [-0.39, 0.29) is 0 Å². The van der Waals surface area contributed by atoms with Gasteiger partial charge in [-0.25, -0.2) is 0 Å². The molecule has 1 aromatic heterocycles. The van der Waals surface area contributed by atoms with Crippen LogP contribution in [-0.4, -0.2) is 4.57 Å². The average molecular weight is 803 g/mol. The third kappa shape index (κ3) is 5.67. The van der Waals surface area contributed by atoms with Crippen LogP contribution in [0.4, 0.5) is 17.1 Å². The summed E-state index contributed by atoms with van der Waals surface area (Å²) in [5.74, 6) is 1.76. The van der Waals surface area contributed by atoms with E-state index in [1.807, 2.05) is 12.1 Å². The number of nitrogens with zero attached hydrogens (tertiary/aromatic N) is 2. The minimum Gasteiger partial charge on any atom is -0.453 e. The highest BCUT2D eigenvalue weighted by atomic mass is 16.5. The molecule has 0 fully saturated rings. The van der Waals surface area contributed by atoms with Gasteiger partial charge in [-0.05, 0) is 132 Å². The zero-order chi connectivity index (χ0) is 41.4. The molecule has 294 valence electrons. The van der Waals surface area contributed by atoms with Crippen LogP contribution in [0.5, 0.6) is 11.5 Å². The van der Waals surface area contributed by atoms with Crippen molar-refractivity contribution in [1.29, 1.82) is 0 Å². The molecule has 0 radical (unpaired) electrons. The zero-order valence-corrected chi connectivity index (χ0v) is 34.2. The van der Waals surface area contributed by atoms with Gasteiger partial charge in [-0.15, -0.1) is 0 Å². The standard InChI is InChI=1S/C60H38N2O/c1-3-13-48-40(10-1)12-7-15-49(48)42-24-32-46(33-25-42)61(47-34-26-43(27-35-47)51-16-8-17-52-50-14-4-2-11-41(50)28-36-53(51)52)45-30-22-39(23-31-45)44-29-37-56-55(38-44)54-18-9-21-59-60(54)62(56)57-19-5-6-20-58(57)63-59/h1-38H. The maximum absolute atomic E-state index is 6.38. The van der Waals surface area contributed by atoms with Crippen LogP contribution >= 0.6 is 0 Å². The molecule has 63 heavy (non-hydrogen) atoms. The first kappa shape index (κ1) is 35.4. The molecule has 1 aliphatic heterocycles. The Hall–Kier alpha value is -8.40. The van der Waals surface area contributed by atoms with E-state index in [0.29, 0.717) is 0 Å². The van der Waals surface area contributed by atoms with Crippen LogP contribution in [-0.2, 0) is 0 Å². The van der Waals surface area contributed by atoms with E-state index in [2.05, 4.69) is 228 Å². The molecule has 0 aliphatic carbocycles. The number of aromatic nitrogens is 1. The molecule has 1 aliphatic rings. The minimum absolute atomic E-state index is 0.874. The minimum atomic E-state index is 0.874. The van der Waals surface area contributed by atoms with Gasteiger partial charge in [-0.2, -0.15) is 0 Å². The molecule has 0 atom stereocenters. The Bertz CT molecular complexity index is 3750. The van der Waals surface area contributed by atoms with Crippen LogP contribution in [0, 0.1) is 0 Å².